The number of nitriles is 1. The summed E-state index contributed by atoms with van der Waals surface area (Å²) in [6, 6.07) is 24.0. The number of aryl methyl sites for hydroxylation is 2. The molecular formula is C31H32N6O2. The lowest BCUT2D eigenvalue weighted by atomic mass is 9.89. The van der Waals surface area contributed by atoms with Crippen LogP contribution >= 0.6 is 0 Å². The lowest BCUT2D eigenvalue weighted by Crippen LogP contribution is -2.48. The minimum absolute atomic E-state index is 0.0673. The molecule has 2 N–H and O–H groups in total. The van der Waals surface area contributed by atoms with E-state index < -0.39 is 0 Å². The maximum atomic E-state index is 13.6. The van der Waals surface area contributed by atoms with Gasteiger partial charge in [0.05, 0.1) is 11.3 Å². The smallest absolute Gasteiger partial charge is 0.322 e. The Labute approximate surface area is 228 Å². The van der Waals surface area contributed by atoms with Gasteiger partial charge in [-0.2, -0.15) is 5.26 Å². The topological polar surface area (TPSA) is 107 Å². The SMILES string of the molecule is Cc1noc(C)c1-c1ccc(N(C(=O)NCc2ccccc2)[C@H]2CC[C@H](Nc3ccc(C#N)cn3)CC2)cc1. The number of hydrogen-bond donors (Lipinski definition) is 2. The zero-order valence-electron chi connectivity index (χ0n) is 22.2. The van der Waals surface area contributed by atoms with Gasteiger partial charge < -0.3 is 15.2 Å². The van der Waals surface area contributed by atoms with Gasteiger partial charge in [0, 0.05) is 36.1 Å². The molecule has 8 heteroatoms. The van der Waals surface area contributed by atoms with Crippen molar-refractivity contribution >= 4 is 17.5 Å². The number of carbonyl (C=O) groups excluding carboxylic acids is 1. The van der Waals surface area contributed by atoms with Gasteiger partial charge in [-0.3, -0.25) is 4.90 Å². The first-order chi connectivity index (χ1) is 19.0. The van der Waals surface area contributed by atoms with Crippen molar-refractivity contribution in [3.8, 4) is 17.2 Å². The Bertz CT molecular complexity index is 1410. The average molecular weight is 521 g/mol. The van der Waals surface area contributed by atoms with Crippen LogP contribution in [-0.2, 0) is 6.54 Å². The fourth-order valence-corrected chi connectivity index (χ4v) is 5.27. The van der Waals surface area contributed by atoms with E-state index in [1.807, 2.05) is 79.4 Å². The largest absolute Gasteiger partial charge is 0.367 e. The van der Waals surface area contributed by atoms with Crippen molar-refractivity contribution in [2.24, 2.45) is 0 Å². The number of amides is 2. The minimum Gasteiger partial charge on any atom is -0.367 e. The molecular weight excluding hydrogens is 488 g/mol. The molecule has 1 fully saturated rings. The van der Waals surface area contributed by atoms with Crippen molar-refractivity contribution in [2.45, 2.75) is 58.2 Å². The van der Waals surface area contributed by atoms with E-state index >= 15 is 0 Å². The fraction of sp³-hybridized carbons (Fsp3) is 0.290. The highest BCUT2D eigenvalue weighted by Crippen LogP contribution is 2.32. The third kappa shape index (κ3) is 6.10. The Kier molecular flexibility index (Phi) is 7.88. The second kappa shape index (κ2) is 11.8. The predicted molar refractivity (Wildman–Crippen MR) is 151 cm³/mol. The predicted octanol–water partition coefficient (Wildman–Crippen LogP) is 6.36. The molecule has 0 saturated heterocycles. The summed E-state index contributed by atoms with van der Waals surface area (Å²) in [6.07, 6.45) is 5.12. The van der Waals surface area contributed by atoms with Crippen LogP contribution in [-0.4, -0.2) is 28.3 Å². The second-order valence-electron chi connectivity index (χ2n) is 9.95. The van der Waals surface area contributed by atoms with Crippen LogP contribution in [0.15, 0.2) is 77.4 Å². The van der Waals surface area contributed by atoms with E-state index in [1.165, 1.54) is 0 Å². The van der Waals surface area contributed by atoms with E-state index in [9.17, 15) is 4.79 Å². The maximum Gasteiger partial charge on any atom is 0.322 e. The van der Waals surface area contributed by atoms with Crippen molar-refractivity contribution in [2.75, 3.05) is 10.2 Å². The van der Waals surface area contributed by atoms with E-state index in [1.54, 1.807) is 12.3 Å². The molecule has 198 valence electrons. The van der Waals surface area contributed by atoms with Crippen LogP contribution in [0.1, 0.15) is 48.3 Å². The van der Waals surface area contributed by atoms with Crippen LogP contribution in [0, 0.1) is 25.2 Å². The van der Waals surface area contributed by atoms with E-state index in [-0.39, 0.29) is 18.1 Å². The van der Waals surface area contributed by atoms with Gasteiger partial charge in [0.25, 0.3) is 0 Å². The van der Waals surface area contributed by atoms with Crippen molar-refractivity contribution in [1.82, 2.24) is 15.5 Å². The van der Waals surface area contributed by atoms with Gasteiger partial charge in [0.15, 0.2) is 0 Å². The minimum atomic E-state index is -0.103. The molecule has 1 saturated carbocycles. The molecule has 1 aliphatic rings. The Balaban J connectivity index is 1.31. The molecule has 0 bridgehead atoms. The maximum absolute atomic E-state index is 13.6. The van der Waals surface area contributed by atoms with Gasteiger partial charge in [-0.05, 0) is 74.9 Å². The number of aromatic nitrogens is 2. The van der Waals surface area contributed by atoms with Crippen molar-refractivity contribution in [3.05, 3.63) is 95.5 Å². The molecule has 0 spiro atoms. The molecule has 0 unspecified atom stereocenters. The third-order valence-electron chi connectivity index (χ3n) is 7.28. The first kappa shape index (κ1) is 26.0. The van der Waals surface area contributed by atoms with Crippen LogP contribution in [0.4, 0.5) is 16.3 Å². The van der Waals surface area contributed by atoms with Crippen molar-refractivity contribution in [3.63, 3.8) is 0 Å². The normalized spacial score (nSPS) is 16.7. The van der Waals surface area contributed by atoms with Gasteiger partial charge in [0.1, 0.15) is 17.6 Å². The lowest BCUT2D eigenvalue weighted by molar-refractivity contribution is 0.240. The zero-order valence-corrected chi connectivity index (χ0v) is 22.2. The molecule has 5 rings (SSSR count). The van der Waals surface area contributed by atoms with Crippen LogP contribution in [0.3, 0.4) is 0 Å². The second-order valence-corrected chi connectivity index (χ2v) is 9.95. The number of anilines is 2. The molecule has 4 aromatic rings. The summed E-state index contributed by atoms with van der Waals surface area (Å²) in [4.78, 5) is 19.9. The molecule has 8 nitrogen and oxygen atoms in total. The number of urea groups is 1. The number of nitrogens with one attached hydrogen (secondary N) is 2. The molecule has 2 aromatic carbocycles. The molecule has 1 aliphatic carbocycles. The quantitative estimate of drug-likeness (QED) is 0.293. The Morgan fingerprint density at radius 1 is 1.03 bits per heavy atom. The molecule has 2 aromatic heterocycles. The standard InChI is InChI=1S/C31H32N6O2/c1-21-30(22(2)39-36-21)25-9-13-27(14-10-25)37(31(38)34-19-23-6-4-3-5-7-23)28-15-11-26(12-16-28)35-29-17-8-24(18-32)20-33-29/h3-10,13-14,17,20,26,28H,11-12,15-16,19H2,1-2H3,(H,33,35)(H,34,38)/t26-,28-. The van der Waals surface area contributed by atoms with Gasteiger partial charge in [-0.25, -0.2) is 9.78 Å². The fourth-order valence-electron chi connectivity index (χ4n) is 5.27. The van der Waals surface area contributed by atoms with Gasteiger partial charge in [-0.1, -0.05) is 47.6 Å². The number of nitrogens with zero attached hydrogens (tertiary/aromatic N) is 4. The molecule has 2 amide bonds. The van der Waals surface area contributed by atoms with Crippen LogP contribution < -0.4 is 15.5 Å². The third-order valence-corrected chi connectivity index (χ3v) is 7.28. The molecule has 0 aliphatic heterocycles. The molecule has 39 heavy (non-hydrogen) atoms. The van der Waals surface area contributed by atoms with Crippen molar-refractivity contribution in [1.29, 1.82) is 5.26 Å². The van der Waals surface area contributed by atoms with E-state index in [0.717, 1.165) is 65.3 Å². The highest BCUT2D eigenvalue weighted by atomic mass is 16.5. The first-order valence-corrected chi connectivity index (χ1v) is 13.3. The number of rotatable bonds is 7. The Morgan fingerprint density at radius 3 is 2.38 bits per heavy atom. The zero-order chi connectivity index (χ0) is 27.2. The average Bonchev–Trinajstić information content (AvgIpc) is 3.31. The highest BCUT2D eigenvalue weighted by molar-refractivity contribution is 5.93. The number of hydrogen-bond acceptors (Lipinski definition) is 6. The van der Waals surface area contributed by atoms with Crippen LogP contribution in [0.5, 0.6) is 0 Å². The van der Waals surface area contributed by atoms with Gasteiger partial charge in [0.2, 0.25) is 0 Å². The Hall–Kier alpha value is -4.64. The summed E-state index contributed by atoms with van der Waals surface area (Å²) >= 11 is 0. The first-order valence-electron chi connectivity index (χ1n) is 13.3. The van der Waals surface area contributed by atoms with Gasteiger partial charge in [-0.15, -0.1) is 0 Å². The van der Waals surface area contributed by atoms with Gasteiger partial charge >= 0.3 is 6.03 Å². The number of pyridine rings is 1. The summed E-state index contributed by atoms with van der Waals surface area (Å²) in [5, 5.41) is 19.7. The van der Waals surface area contributed by atoms with E-state index in [0.29, 0.717) is 12.1 Å². The summed E-state index contributed by atoms with van der Waals surface area (Å²) in [6.45, 7) is 4.31. The molecule has 0 atom stereocenters. The lowest BCUT2D eigenvalue weighted by Gasteiger charge is -2.37. The summed E-state index contributed by atoms with van der Waals surface area (Å²) in [5.74, 6) is 1.55. The molecule has 2 heterocycles. The van der Waals surface area contributed by atoms with Crippen molar-refractivity contribution < 1.29 is 9.32 Å². The molecule has 0 radical (unpaired) electrons. The monoisotopic (exact) mass is 520 g/mol. The van der Waals surface area contributed by atoms with E-state index in [2.05, 4.69) is 26.8 Å². The summed E-state index contributed by atoms with van der Waals surface area (Å²) < 4.78 is 5.35. The van der Waals surface area contributed by atoms with E-state index in [4.69, 9.17) is 9.78 Å². The number of carbonyl (C=O) groups is 1. The Morgan fingerprint density at radius 2 is 1.77 bits per heavy atom. The summed E-state index contributed by atoms with van der Waals surface area (Å²) in [7, 11) is 0. The van der Waals surface area contributed by atoms with Crippen LogP contribution in [0.25, 0.3) is 11.1 Å². The summed E-state index contributed by atoms with van der Waals surface area (Å²) in [5.41, 5.74) is 5.32. The highest BCUT2D eigenvalue weighted by Gasteiger charge is 2.30. The van der Waals surface area contributed by atoms with Crippen LogP contribution in [0.2, 0.25) is 0 Å². The number of benzene rings is 2.